The lowest BCUT2D eigenvalue weighted by Gasteiger charge is -2.26. The zero-order valence-electron chi connectivity index (χ0n) is 11.6. The molecule has 1 aromatic rings. The van der Waals surface area contributed by atoms with Crippen LogP contribution >= 0.6 is 0 Å². The van der Waals surface area contributed by atoms with E-state index in [1.54, 1.807) is 13.8 Å². The molecule has 1 aromatic carbocycles. The molecular formula is C14H19NO4. The first kappa shape index (κ1) is 15.0. The summed E-state index contributed by atoms with van der Waals surface area (Å²) in [5, 5.41) is 10.9. The number of carbonyl (C=O) groups is 2. The van der Waals surface area contributed by atoms with E-state index in [-0.39, 0.29) is 0 Å². The predicted molar refractivity (Wildman–Crippen MR) is 71.3 cm³/mol. The van der Waals surface area contributed by atoms with E-state index >= 15 is 0 Å². The Kier molecular flexibility index (Phi) is 4.53. The summed E-state index contributed by atoms with van der Waals surface area (Å²) in [6.07, 6.45) is 0. The normalized spacial score (nSPS) is 10.9. The zero-order valence-corrected chi connectivity index (χ0v) is 11.6. The first-order chi connectivity index (χ1) is 8.72. The van der Waals surface area contributed by atoms with Crippen LogP contribution in [0.25, 0.3) is 0 Å². The third kappa shape index (κ3) is 4.28. The van der Waals surface area contributed by atoms with Crippen LogP contribution < -0.4 is 10.1 Å². The van der Waals surface area contributed by atoms with Crippen molar-refractivity contribution in [2.24, 2.45) is 0 Å². The second-order valence-electron chi connectivity index (χ2n) is 4.96. The number of amides is 1. The van der Waals surface area contributed by atoms with Crippen LogP contribution in [0.4, 0.5) is 0 Å². The van der Waals surface area contributed by atoms with E-state index in [9.17, 15) is 9.59 Å². The standard InChI is InChI=1S/C14H19NO4/c1-9-5-6-10(2)11(7-9)19-14(3,4)13(18)15-8-12(16)17/h5-7H,8H2,1-4H3,(H,15,18)(H,16,17). The van der Waals surface area contributed by atoms with Crippen molar-refractivity contribution in [2.45, 2.75) is 33.3 Å². The van der Waals surface area contributed by atoms with Crippen molar-refractivity contribution in [1.29, 1.82) is 0 Å². The van der Waals surface area contributed by atoms with E-state index < -0.39 is 24.0 Å². The Morgan fingerprint density at radius 2 is 1.95 bits per heavy atom. The summed E-state index contributed by atoms with van der Waals surface area (Å²) in [4.78, 5) is 22.3. The van der Waals surface area contributed by atoms with Crippen LogP contribution in [0, 0.1) is 13.8 Å². The summed E-state index contributed by atoms with van der Waals surface area (Å²) in [6.45, 7) is 6.61. The van der Waals surface area contributed by atoms with Crippen molar-refractivity contribution < 1.29 is 19.4 Å². The van der Waals surface area contributed by atoms with Gasteiger partial charge < -0.3 is 15.2 Å². The Morgan fingerprint density at radius 1 is 1.32 bits per heavy atom. The molecule has 0 saturated carbocycles. The molecule has 0 aliphatic rings. The summed E-state index contributed by atoms with van der Waals surface area (Å²) in [5.74, 6) is -0.929. The molecule has 0 atom stereocenters. The van der Waals surface area contributed by atoms with E-state index in [1.807, 2.05) is 32.0 Å². The first-order valence-corrected chi connectivity index (χ1v) is 5.99. The fourth-order valence-corrected chi connectivity index (χ4v) is 1.51. The number of ether oxygens (including phenoxy) is 1. The van der Waals surface area contributed by atoms with Crippen LogP contribution in [0.1, 0.15) is 25.0 Å². The van der Waals surface area contributed by atoms with Crippen molar-refractivity contribution in [1.82, 2.24) is 5.32 Å². The van der Waals surface area contributed by atoms with Crippen LogP contribution in [-0.2, 0) is 9.59 Å². The minimum Gasteiger partial charge on any atom is -0.480 e. The third-order valence-electron chi connectivity index (χ3n) is 2.66. The maximum atomic E-state index is 11.9. The molecule has 0 fully saturated rings. The number of rotatable bonds is 5. The van der Waals surface area contributed by atoms with Crippen molar-refractivity contribution in [3.05, 3.63) is 29.3 Å². The minimum absolute atomic E-state index is 0.418. The van der Waals surface area contributed by atoms with Crippen molar-refractivity contribution >= 4 is 11.9 Å². The number of carboxylic acids is 1. The van der Waals surface area contributed by atoms with Crippen molar-refractivity contribution in [3.8, 4) is 5.75 Å². The fourth-order valence-electron chi connectivity index (χ4n) is 1.51. The lowest BCUT2D eigenvalue weighted by molar-refractivity contribution is -0.141. The number of carbonyl (C=O) groups excluding carboxylic acids is 1. The van der Waals surface area contributed by atoms with E-state index in [4.69, 9.17) is 9.84 Å². The van der Waals surface area contributed by atoms with Crippen LogP contribution in [-0.4, -0.2) is 29.1 Å². The number of nitrogens with one attached hydrogen (secondary N) is 1. The average Bonchev–Trinajstić information content (AvgIpc) is 2.30. The average molecular weight is 265 g/mol. The minimum atomic E-state index is -1.13. The van der Waals surface area contributed by atoms with Gasteiger partial charge in [0.2, 0.25) is 0 Å². The molecule has 0 saturated heterocycles. The smallest absolute Gasteiger partial charge is 0.322 e. The number of carboxylic acid groups (broad SMARTS) is 1. The summed E-state index contributed by atoms with van der Waals surface area (Å²) < 4.78 is 5.70. The molecule has 0 bridgehead atoms. The van der Waals surface area contributed by atoms with Gasteiger partial charge in [-0.3, -0.25) is 9.59 Å². The van der Waals surface area contributed by atoms with Crippen LogP contribution in [0.2, 0.25) is 0 Å². The Morgan fingerprint density at radius 3 is 2.53 bits per heavy atom. The molecule has 1 amide bonds. The predicted octanol–water partition coefficient (Wildman–Crippen LogP) is 1.66. The highest BCUT2D eigenvalue weighted by molar-refractivity contribution is 5.87. The summed E-state index contributed by atoms with van der Waals surface area (Å²) >= 11 is 0. The molecule has 2 N–H and O–H groups in total. The maximum Gasteiger partial charge on any atom is 0.322 e. The number of aliphatic carboxylic acids is 1. The van der Waals surface area contributed by atoms with E-state index in [2.05, 4.69) is 5.32 Å². The van der Waals surface area contributed by atoms with Crippen LogP contribution in [0.5, 0.6) is 5.75 Å². The molecule has 104 valence electrons. The van der Waals surface area contributed by atoms with Gasteiger partial charge in [0.15, 0.2) is 5.60 Å². The summed E-state index contributed by atoms with van der Waals surface area (Å²) in [6, 6.07) is 5.72. The molecule has 0 aromatic heterocycles. The van der Waals surface area contributed by atoms with E-state index in [1.165, 1.54) is 0 Å². The maximum absolute atomic E-state index is 11.9. The van der Waals surface area contributed by atoms with Gasteiger partial charge in [-0.15, -0.1) is 0 Å². The topological polar surface area (TPSA) is 75.6 Å². The Hall–Kier alpha value is -2.04. The van der Waals surface area contributed by atoms with E-state index in [0.29, 0.717) is 5.75 Å². The molecule has 0 aliphatic heterocycles. The monoisotopic (exact) mass is 265 g/mol. The van der Waals surface area contributed by atoms with E-state index in [0.717, 1.165) is 11.1 Å². The third-order valence-corrected chi connectivity index (χ3v) is 2.66. The van der Waals surface area contributed by atoms with Gasteiger partial charge in [0.05, 0.1) is 0 Å². The van der Waals surface area contributed by atoms with Gasteiger partial charge in [-0.1, -0.05) is 12.1 Å². The molecule has 1 rings (SSSR count). The highest BCUT2D eigenvalue weighted by atomic mass is 16.5. The SMILES string of the molecule is Cc1ccc(C)c(OC(C)(C)C(=O)NCC(=O)O)c1. The zero-order chi connectivity index (χ0) is 14.6. The fraction of sp³-hybridized carbons (Fsp3) is 0.429. The van der Waals surface area contributed by atoms with Crippen LogP contribution in [0.15, 0.2) is 18.2 Å². The summed E-state index contributed by atoms with van der Waals surface area (Å²) in [7, 11) is 0. The van der Waals surface area contributed by atoms with Crippen molar-refractivity contribution in [3.63, 3.8) is 0 Å². The second-order valence-corrected chi connectivity index (χ2v) is 4.96. The van der Waals surface area contributed by atoms with Gasteiger partial charge in [-0.05, 0) is 44.9 Å². The van der Waals surface area contributed by atoms with Gasteiger partial charge in [0, 0.05) is 0 Å². The molecular weight excluding hydrogens is 246 g/mol. The van der Waals surface area contributed by atoms with Gasteiger partial charge in [0.25, 0.3) is 5.91 Å². The summed E-state index contributed by atoms with van der Waals surface area (Å²) in [5.41, 5.74) is 0.820. The largest absolute Gasteiger partial charge is 0.480 e. The number of hydrogen-bond acceptors (Lipinski definition) is 3. The Balaban J connectivity index is 2.80. The highest BCUT2D eigenvalue weighted by Crippen LogP contribution is 2.24. The van der Waals surface area contributed by atoms with Gasteiger partial charge >= 0.3 is 5.97 Å². The molecule has 5 heteroatoms. The molecule has 0 aliphatic carbocycles. The van der Waals surface area contributed by atoms with Crippen LogP contribution in [0.3, 0.4) is 0 Å². The number of aryl methyl sites for hydroxylation is 2. The number of benzene rings is 1. The van der Waals surface area contributed by atoms with Crippen molar-refractivity contribution in [2.75, 3.05) is 6.54 Å². The Labute approximate surface area is 112 Å². The number of hydrogen-bond donors (Lipinski definition) is 2. The molecule has 0 unspecified atom stereocenters. The Bertz CT molecular complexity index is 494. The lowest BCUT2D eigenvalue weighted by Crippen LogP contribution is -2.48. The van der Waals surface area contributed by atoms with Gasteiger partial charge in [0.1, 0.15) is 12.3 Å². The molecule has 0 spiro atoms. The molecule has 0 radical (unpaired) electrons. The first-order valence-electron chi connectivity index (χ1n) is 5.99. The highest BCUT2D eigenvalue weighted by Gasteiger charge is 2.30. The molecule has 0 heterocycles. The molecule has 5 nitrogen and oxygen atoms in total. The second kappa shape index (κ2) is 5.73. The quantitative estimate of drug-likeness (QED) is 0.849. The molecule has 19 heavy (non-hydrogen) atoms. The van der Waals surface area contributed by atoms with Gasteiger partial charge in [-0.2, -0.15) is 0 Å². The van der Waals surface area contributed by atoms with Gasteiger partial charge in [-0.25, -0.2) is 0 Å². The lowest BCUT2D eigenvalue weighted by atomic mass is 10.1.